The molecule has 104 valence electrons. The fourth-order valence-corrected chi connectivity index (χ4v) is 1.32. The number of rotatable bonds is 5. The number of methoxy groups -OCH3 is 1. The molecule has 0 aliphatic heterocycles. The number of esters is 1. The van der Waals surface area contributed by atoms with Gasteiger partial charge in [-0.05, 0) is 26.3 Å². The summed E-state index contributed by atoms with van der Waals surface area (Å²) >= 11 is 0. The standard InChI is InChI=1S/C12H17N3O4/c1-5-12(2,3)14-10-9(15(17)18)7-6-8(13-10)11(16)19-4/h6-7H,5H2,1-4H3,(H,13,14). The Bertz CT molecular complexity index is 500. The van der Waals surface area contributed by atoms with E-state index in [1.807, 2.05) is 20.8 Å². The number of aromatic nitrogens is 1. The summed E-state index contributed by atoms with van der Waals surface area (Å²) in [5.74, 6) is -0.563. The van der Waals surface area contributed by atoms with E-state index in [2.05, 4.69) is 15.0 Å². The Morgan fingerprint density at radius 3 is 2.63 bits per heavy atom. The van der Waals surface area contributed by atoms with Gasteiger partial charge in [-0.2, -0.15) is 0 Å². The normalized spacial score (nSPS) is 10.9. The molecule has 0 fully saturated rings. The van der Waals surface area contributed by atoms with Crippen molar-refractivity contribution >= 4 is 17.5 Å². The maximum atomic E-state index is 11.4. The lowest BCUT2D eigenvalue weighted by atomic mass is 10.0. The zero-order chi connectivity index (χ0) is 14.6. The Labute approximate surface area is 111 Å². The zero-order valence-corrected chi connectivity index (χ0v) is 11.4. The molecule has 0 spiro atoms. The molecule has 0 aliphatic carbocycles. The van der Waals surface area contributed by atoms with Crippen LogP contribution in [0.25, 0.3) is 0 Å². The Balaban J connectivity index is 3.23. The number of carbonyl (C=O) groups excluding carboxylic acids is 1. The molecule has 7 nitrogen and oxygen atoms in total. The van der Waals surface area contributed by atoms with Crippen LogP contribution in [-0.2, 0) is 4.74 Å². The van der Waals surface area contributed by atoms with E-state index in [4.69, 9.17) is 0 Å². The molecule has 1 aromatic heterocycles. The van der Waals surface area contributed by atoms with Gasteiger partial charge < -0.3 is 10.1 Å². The largest absolute Gasteiger partial charge is 0.464 e. The summed E-state index contributed by atoms with van der Waals surface area (Å²) in [6.07, 6.45) is 0.744. The van der Waals surface area contributed by atoms with E-state index in [1.165, 1.54) is 19.2 Å². The van der Waals surface area contributed by atoms with Crippen molar-refractivity contribution in [3.05, 3.63) is 27.9 Å². The van der Waals surface area contributed by atoms with Crippen LogP contribution < -0.4 is 5.32 Å². The molecule has 0 bridgehead atoms. The summed E-state index contributed by atoms with van der Waals surface area (Å²) in [4.78, 5) is 25.8. The van der Waals surface area contributed by atoms with Crippen molar-refractivity contribution in [3.8, 4) is 0 Å². The van der Waals surface area contributed by atoms with Crippen molar-refractivity contribution < 1.29 is 14.5 Å². The van der Waals surface area contributed by atoms with E-state index in [9.17, 15) is 14.9 Å². The number of anilines is 1. The van der Waals surface area contributed by atoms with Gasteiger partial charge >= 0.3 is 11.7 Å². The average Bonchev–Trinajstić information content (AvgIpc) is 2.37. The summed E-state index contributed by atoms with van der Waals surface area (Å²) in [6.45, 7) is 5.73. The van der Waals surface area contributed by atoms with E-state index in [-0.39, 0.29) is 22.7 Å². The smallest absolute Gasteiger partial charge is 0.356 e. The first-order chi connectivity index (χ1) is 8.80. The molecule has 0 atom stereocenters. The first-order valence-corrected chi connectivity index (χ1v) is 5.82. The highest BCUT2D eigenvalue weighted by molar-refractivity contribution is 5.88. The van der Waals surface area contributed by atoms with Crippen LogP contribution in [0.5, 0.6) is 0 Å². The maximum absolute atomic E-state index is 11.4. The van der Waals surface area contributed by atoms with Gasteiger partial charge in [-0.15, -0.1) is 0 Å². The molecule has 0 aliphatic rings. The van der Waals surface area contributed by atoms with E-state index in [1.54, 1.807) is 0 Å². The number of pyridine rings is 1. The van der Waals surface area contributed by atoms with Crippen molar-refractivity contribution in [2.24, 2.45) is 0 Å². The second-order valence-electron chi connectivity index (χ2n) is 4.68. The van der Waals surface area contributed by atoms with Crippen LogP contribution >= 0.6 is 0 Å². The number of hydrogen-bond acceptors (Lipinski definition) is 6. The Kier molecular flexibility index (Phi) is 4.42. The summed E-state index contributed by atoms with van der Waals surface area (Å²) < 4.78 is 4.55. The third-order valence-corrected chi connectivity index (χ3v) is 2.81. The second kappa shape index (κ2) is 5.64. The molecule has 1 aromatic rings. The minimum absolute atomic E-state index is 0.0301. The molecule has 1 N–H and O–H groups in total. The highest BCUT2D eigenvalue weighted by Crippen LogP contribution is 2.26. The summed E-state index contributed by atoms with van der Waals surface area (Å²) in [6, 6.07) is 2.52. The van der Waals surface area contributed by atoms with Gasteiger partial charge in [0, 0.05) is 11.6 Å². The number of ether oxygens (including phenoxy) is 1. The van der Waals surface area contributed by atoms with Crippen LogP contribution in [0.15, 0.2) is 12.1 Å². The van der Waals surface area contributed by atoms with Crippen LogP contribution in [-0.4, -0.2) is 28.5 Å². The van der Waals surface area contributed by atoms with Crippen LogP contribution in [0.3, 0.4) is 0 Å². The van der Waals surface area contributed by atoms with Gasteiger partial charge in [0.1, 0.15) is 0 Å². The molecular formula is C12H17N3O4. The van der Waals surface area contributed by atoms with E-state index in [0.29, 0.717) is 0 Å². The monoisotopic (exact) mass is 267 g/mol. The molecule has 7 heteroatoms. The van der Waals surface area contributed by atoms with Crippen LogP contribution in [0.4, 0.5) is 11.5 Å². The van der Waals surface area contributed by atoms with Crippen molar-refractivity contribution in [1.29, 1.82) is 0 Å². The third-order valence-electron chi connectivity index (χ3n) is 2.81. The molecule has 0 saturated carbocycles. The fourth-order valence-electron chi connectivity index (χ4n) is 1.32. The predicted molar refractivity (Wildman–Crippen MR) is 70.2 cm³/mol. The number of nitrogens with one attached hydrogen (secondary N) is 1. The molecule has 1 heterocycles. The first-order valence-electron chi connectivity index (χ1n) is 5.82. The second-order valence-corrected chi connectivity index (χ2v) is 4.68. The SMILES string of the molecule is CCC(C)(C)Nc1nc(C(=O)OC)ccc1[N+](=O)[O-]. The molecule has 0 unspecified atom stereocenters. The third kappa shape index (κ3) is 3.64. The topological polar surface area (TPSA) is 94.4 Å². The molecule has 1 rings (SSSR count). The van der Waals surface area contributed by atoms with Crippen molar-refractivity contribution in [2.45, 2.75) is 32.7 Å². The van der Waals surface area contributed by atoms with Gasteiger partial charge in [0.15, 0.2) is 5.69 Å². The highest BCUT2D eigenvalue weighted by Gasteiger charge is 2.24. The van der Waals surface area contributed by atoms with Gasteiger partial charge in [0.2, 0.25) is 5.82 Å². The summed E-state index contributed by atoms with van der Waals surface area (Å²) in [5.41, 5.74) is -0.511. The number of hydrogen-bond donors (Lipinski definition) is 1. The molecule has 0 amide bonds. The van der Waals surface area contributed by atoms with Crippen molar-refractivity contribution in [3.63, 3.8) is 0 Å². The van der Waals surface area contributed by atoms with Crippen LogP contribution in [0.1, 0.15) is 37.7 Å². The van der Waals surface area contributed by atoms with Crippen molar-refractivity contribution in [1.82, 2.24) is 4.98 Å². The predicted octanol–water partition coefficient (Wildman–Crippen LogP) is 2.38. The Hall–Kier alpha value is -2.18. The lowest BCUT2D eigenvalue weighted by Gasteiger charge is -2.24. The minimum Gasteiger partial charge on any atom is -0.464 e. The van der Waals surface area contributed by atoms with Gasteiger partial charge in [-0.1, -0.05) is 6.92 Å². The Morgan fingerprint density at radius 2 is 2.16 bits per heavy atom. The minimum atomic E-state index is -0.632. The quantitative estimate of drug-likeness (QED) is 0.500. The van der Waals surface area contributed by atoms with Crippen LogP contribution in [0.2, 0.25) is 0 Å². The van der Waals surface area contributed by atoms with Gasteiger partial charge in [0.25, 0.3) is 0 Å². The Morgan fingerprint density at radius 1 is 1.53 bits per heavy atom. The number of nitrogens with zero attached hydrogens (tertiary/aromatic N) is 2. The molecule has 19 heavy (non-hydrogen) atoms. The molecule has 0 saturated heterocycles. The zero-order valence-electron chi connectivity index (χ0n) is 11.4. The molecule has 0 radical (unpaired) electrons. The fraction of sp³-hybridized carbons (Fsp3) is 0.500. The average molecular weight is 267 g/mol. The maximum Gasteiger partial charge on any atom is 0.356 e. The summed E-state index contributed by atoms with van der Waals surface area (Å²) in [5, 5.41) is 13.9. The summed E-state index contributed by atoms with van der Waals surface area (Å²) in [7, 11) is 1.23. The van der Waals surface area contributed by atoms with E-state index >= 15 is 0 Å². The molecule has 0 aromatic carbocycles. The molecular weight excluding hydrogens is 250 g/mol. The first kappa shape index (κ1) is 14.9. The number of nitro groups is 1. The van der Waals surface area contributed by atoms with Crippen LogP contribution in [0, 0.1) is 10.1 Å². The van der Waals surface area contributed by atoms with Crippen molar-refractivity contribution in [2.75, 3.05) is 12.4 Å². The van der Waals surface area contributed by atoms with Gasteiger partial charge in [-0.3, -0.25) is 10.1 Å². The van der Waals surface area contributed by atoms with E-state index < -0.39 is 10.9 Å². The number of carbonyl (C=O) groups is 1. The lowest BCUT2D eigenvalue weighted by molar-refractivity contribution is -0.384. The highest BCUT2D eigenvalue weighted by atomic mass is 16.6. The van der Waals surface area contributed by atoms with Gasteiger partial charge in [-0.25, -0.2) is 9.78 Å². The van der Waals surface area contributed by atoms with E-state index in [0.717, 1.165) is 6.42 Å². The van der Waals surface area contributed by atoms with Gasteiger partial charge in [0.05, 0.1) is 12.0 Å². The lowest BCUT2D eigenvalue weighted by Crippen LogP contribution is -2.30.